The molecular weight excluding hydrogens is 344 g/mol. The lowest BCUT2D eigenvalue weighted by Gasteiger charge is -2.08. The summed E-state index contributed by atoms with van der Waals surface area (Å²) in [6, 6.07) is 1.75. The summed E-state index contributed by atoms with van der Waals surface area (Å²) < 4.78 is 25.4. The maximum atomic E-state index is 12.1. The Hall–Kier alpha value is -2.53. The number of thiophene rings is 1. The molecule has 3 N–H and O–H groups in total. The van der Waals surface area contributed by atoms with E-state index in [1.165, 1.54) is 5.38 Å². The van der Waals surface area contributed by atoms with Crippen LogP contribution in [0.15, 0.2) is 21.7 Å². The molecule has 11 heteroatoms. The maximum absolute atomic E-state index is 12.1. The Morgan fingerprint density at radius 1 is 1.22 bits per heavy atom. The first kappa shape index (κ1) is 16.8. The number of carbonyl (C=O) groups excluding carboxylic acids is 1. The molecule has 2 rings (SSSR count). The minimum Gasteiger partial charge on any atom is -0.478 e. The van der Waals surface area contributed by atoms with Crippen molar-refractivity contribution in [3.05, 3.63) is 34.5 Å². The second-order valence-corrected chi connectivity index (χ2v) is 7.25. The molecule has 0 aliphatic heterocycles. The van der Waals surface area contributed by atoms with Crippen LogP contribution in [0, 0.1) is 13.8 Å². The van der Waals surface area contributed by atoms with Crippen LogP contribution >= 0.6 is 11.3 Å². The lowest BCUT2D eigenvalue weighted by molar-refractivity contribution is 0.0693. The predicted molar refractivity (Wildman–Crippen MR) is 82.1 cm³/mol. The van der Waals surface area contributed by atoms with Gasteiger partial charge in [-0.05, 0) is 31.4 Å². The van der Waals surface area contributed by atoms with Crippen LogP contribution in [0.5, 0.6) is 0 Å². The van der Waals surface area contributed by atoms with Crippen molar-refractivity contribution in [1.29, 1.82) is 0 Å². The average molecular weight is 356 g/mol. The van der Waals surface area contributed by atoms with Gasteiger partial charge in [0.05, 0.1) is 5.56 Å². The van der Waals surface area contributed by atoms with E-state index in [1.54, 1.807) is 24.6 Å². The van der Waals surface area contributed by atoms with Gasteiger partial charge < -0.3 is 5.11 Å². The number of amides is 2. The molecule has 122 valence electrons. The highest BCUT2D eigenvalue weighted by Crippen LogP contribution is 2.22. The number of aryl methyl sites for hydroxylation is 2. The molecular formula is C12H12N4O5S2. The lowest BCUT2D eigenvalue weighted by atomic mass is 10.4. The summed E-state index contributed by atoms with van der Waals surface area (Å²) in [5.41, 5.74) is 0.794. The lowest BCUT2D eigenvalue weighted by Crippen LogP contribution is -2.35. The van der Waals surface area contributed by atoms with Gasteiger partial charge in [0.25, 0.3) is 10.0 Å². The van der Waals surface area contributed by atoms with Gasteiger partial charge in [0, 0.05) is 11.4 Å². The van der Waals surface area contributed by atoms with E-state index in [4.69, 9.17) is 5.11 Å². The van der Waals surface area contributed by atoms with Crippen molar-refractivity contribution >= 4 is 39.3 Å². The summed E-state index contributed by atoms with van der Waals surface area (Å²) in [6.07, 6.45) is 0. The molecule has 0 atom stereocenters. The number of sulfonamides is 1. The van der Waals surface area contributed by atoms with E-state index in [1.807, 2.05) is 0 Å². The number of aromatic nitrogens is 2. The molecule has 23 heavy (non-hydrogen) atoms. The van der Waals surface area contributed by atoms with Gasteiger partial charge in [-0.1, -0.05) is 0 Å². The van der Waals surface area contributed by atoms with Crippen molar-refractivity contribution in [2.75, 3.05) is 5.32 Å². The monoisotopic (exact) mass is 356 g/mol. The second-order valence-electron chi connectivity index (χ2n) is 4.46. The Kier molecular flexibility index (Phi) is 4.61. The van der Waals surface area contributed by atoms with E-state index in [0.29, 0.717) is 22.7 Å². The molecule has 0 radical (unpaired) electrons. The van der Waals surface area contributed by atoms with E-state index in [-0.39, 0.29) is 5.95 Å². The SMILES string of the molecule is Cc1cc(C)nc(NC(=O)NS(=O)(=O)c2sccc2C(=O)O)n1. The number of nitrogens with zero attached hydrogens (tertiary/aromatic N) is 2. The third-order valence-corrected chi connectivity index (χ3v) is 5.35. The van der Waals surface area contributed by atoms with Crippen LogP contribution in [-0.2, 0) is 10.0 Å². The standard InChI is InChI=1S/C12H12N4O5S2/c1-6-5-7(2)14-11(13-6)15-12(19)16-23(20,21)10-8(9(17)18)3-4-22-10/h3-5H,1-2H3,(H,17,18)(H2,13,14,15,16,19). The first-order valence-corrected chi connectivity index (χ1v) is 8.52. The van der Waals surface area contributed by atoms with E-state index in [9.17, 15) is 18.0 Å². The molecule has 0 aliphatic rings. The highest BCUT2D eigenvalue weighted by molar-refractivity contribution is 7.92. The van der Waals surface area contributed by atoms with Crippen LogP contribution in [0.2, 0.25) is 0 Å². The Balaban J connectivity index is 2.18. The number of rotatable bonds is 4. The quantitative estimate of drug-likeness (QED) is 0.752. The molecule has 2 heterocycles. The number of hydrogen-bond donors (Lipinski definition) is 3. The second kappa shape index (κ2) is 6.30. The number of carboxylic acid groups (broad SMARTS) is 1. The molecule has 0 fully saturated rings. The average Bonchev–Trinajstić information content (AvgIpc) is 2.86. The van der Waals surface area contributed by atoms with Crippen molar-refractivity contribution in [2.24, 2.45) is 0 Å². The van der Waals surface area contributed by atoms with Crippen LogP contribution in [-0.4, -0.2) is 35.5 Å². The van der Waals surface area contributed by atoms with Crippen LogP contribution in [0.4, 0.5) is 10.7 Å². The smallest absolute Gasteiger partial charge is 0.337 e. The minimum absolute atomic E-state index is 0.0557. The number of nitrogens with one attached hydrogen (secondary N) is 2. The van der Waals surface area contributed by atoms with E-state index >= 15 is 0 Å². The van der Waals surface area contributed by atoms with Gasteiger partial charge in [-0.3, -0.25) is 5.32 Å². The third-order valence-electron chi connectivity index (χ3n) is 2.54. The number of hydrogen-bond acceptors (Lipinski definition) is 7. The number of carbonyl (C=O) groups is 2. The Labute approximate surface area is 135 Å². The third kappa shape index (κ3) is 4.02. The van der Waals surface area contributed by atoms with Crippen molar-refractivity contribution in [3.8, 4) is 0 Å². The molecule has 2 aromatic heterocycles. The summed E-state index contributed by atoms with van der Waals surface area (Å²) in [6.45, 7) is 3.39. The van der Waals surface area contributed by atoms with Gasteiger partial charge in [-0.25, -0.2) is 32.7 Å². The summed E-state index contributed by atoms with van der Waals surface area (Å²) in [4.78, 5) is 30.7. The van der Waals surface area contributed by atoms with Gasteiger partial charge in [0.15, 0.2) is 4.21 Å². The largest absolute Gasteiger partial charge is 0.478 e. The number of aromatic carboxylic acids is 1. The van der Waals surface area contributed by atoms with E-state index in [2.05, 4.69) is 15.3 Å². The molecule has 0 aliphatic carbocycles. The number of carboxylic acids is 1. The fourth-order valence-corrected chi connectivity index (χ4v) is 3.98. The molecule has 0 saturated carbocycles. The highest BCUT2D eigenvalue weighted by atomic mass is 32.2. The van der Waals surface area contributed by atoms with E-state index < -0.39 is 31.8 Å². The van der Waals surface area contributed by atoms with Crippen LogP contribution < -0.4 is 10.0 Å². The van der Waals surface area contributed by atoms with Gasteiger partial charge >= 0.3 is 12.0 Å². The zero-order valence-electron chi connectivity index (χ0n) is 12.0. The molecule has 9 nitrogen and oxygen atoms in total. The Morgan fingerprint density at radius 2 is 1.83 bits per heavy atom. The molecule has 0 unspecified atom stereocenters. The molecule has 0 aromatic carbocycles. The van der Waals surface area contributed by atoms with Gasteiger partial charge in [-0.2, -0.15) is 0 Å². The van der Waals surface area contributed by atoms with Gasteiger partial charge in [0.1, 0.15) is 0 Å². The zero-order chi connectivity index (χ0) is 17.2. The molecule has 0 saturated heterocycles. The van der Waals surface area contributed by atoms with Crippen molar-refractivity contribution < 1.29 is 23.1 Å². The van der Waals surface area contributed by atoms with E-state index in [0.717, 1.165) is 6.07 Å². The van der Waals surface area contributed by atoms with Crippen LogP contribution in [0.3, 0.4) is 0 Å². The fraction of sp³-hybridized carbons (Fsp3) is 0.167. The van der Waals surface area contributed by atoms with Gasteiger partial charge in [-0.15, -0.1) is 11.3 Å². The Morgan fingerprint density at radius 3 is 2.39 bits per heavy atom. The Bertz CT molecular complexity index is 855. The summed E-state index contributed by atoms with van der Waals surface area (Å²) in [7, 11) is -4.31. The summed E-state index contributed by atoms with van der Waals surface area (Å²) in [5, 5.41) is 12.4. The van der Waals surface area contributed by atoms with Crippen molar-refractivity contribution in [1.82, 2.24) is 14.7 Å². The fourth-order valence-electron chi connectivity index (χ4n) is 1.74. The first-order valence-electron chi connectivity index (χ1n) is 6.16. The van der Waals surface area contributed by atoms with Gasteiger partial charge in [0.2, 0.25) is 5.95 Å². The van der Waals surface area contributed by atoms with Crippen molar-refractivity contribution in [2.45, 2.75) is 18.1 Å². The number of anilines is 1. The maximum Gasteiger partial charge on any atom is 0.337 e. The molecule has 2 aromatic rings. The summed E-state index contributed by atoms with van der Waals surface area (Å²) >= 11 is 0.695. The first-order chi connectivity index (χ1) is 10.7. The minimum atomic E-state index is -4.31. The number of urea groups is 1. The van der Waals surface area contributed by atoms with Crippen LogP contribution in [0.1, 0.15) is 21.7 Å². The normalized spacial score (nSPS) is 11.0. The van der Waals surface area contributed by atoms with Crippen molar-refractivity contribution in [3.63, 3.8) is 0 Å². The zero-order valence-corrected chi connectivity index (χ0v) is 13.7. The molecule has 0 bridgehead atoms. The molecule has 0 spiro atoms. The predicted octanol–water partition coefficient (Wildman–Crippen LogP) is 1.36. The van der Waals surface area contributed by atoms with Crippen LogP contribution in [0.25, 0.3) is 0 Å². The topological polar surface area (TPSA) is 138 Å². The summed E-state index contributed by atoms with van der Waals surface area (Å²) in [5.74, 6) is -1.45. The highest BCUT2D eigenvalue weighted by Gasteiger charge is 2.26. The molecule has 2 amide bonds.